The van der Waals surface area contributed by atoms with Crippen LogP contribution in [0.25, 0.3) is 0 Å². The fourth-order valence-corrected chi connectivity index (χ4v) is 6.36. The van der Waals surface area contributed by atoms with E-state index in [1.165, 1.54) is 14.8 Å². The van der Waals surface area contributed by atoms with Crippen molar-refractivity contribution in [2.75, 3.05) is 8.86 Å². The van der Waals surface area contributed by atoms with Crippen molar-refractivity contribution in [3.05, 3.63) is 0 Å². The Hall–Kier alpha value is 1.46. The van der Waals surface area contributed by atoms with E-state index in [9.17, 15) is 0 Å². The average molecular weight is 416 g/mol. The number of hydrogen-bond donors (Lipinski definition) is 0. The third kappa shape index (κ3) is 1.49. The van der Waals surface area contributed by atoms with Crippen LogP contribution >= 0.6 is 45.2 Å². The molecule has 3 aliphatic carbocycles. The normalized spacial score (nSPS) is 55.3. The predicted molar refractivity (Wildman–Crippen MR) is 77.2 cm³/mol. The van der Waals surface area contributed by atoms with Gasteiger partial charge in [-0.25, -0.2) is 0 Å². The topological polar surface area (TPSA) is 0 Å². The second kappa shape index (κ2) is 4.04. The zero-order chi connectivity index (χ0) is 9.71. The van der Waals surface area contributed by atoms with Gasteiger partial charge in [0.25, 0.3) is 0 Å². The molecule has 0 aromatic heterocycles. The first-order chi connectivity index (χ1) is 6.83. The second-order valence-electron chi connectivity index (χ2n) is 5.63. The second-order valence-corrected chi connectivity index (χ2v) is 7.39. The molecule has 0 spiro atoms. The van der Waals surface area contributed by atoms with E-state index in [-0.39, 0.29) is 0 Å². The predicted octanol–water partition coefficient (Wildman–Crippen LogP) is 4.15. The molecule has 6 atom stereocenters. The van der Waals surface area contributed by atoms with Gasteiger partial charge in [0.2, 0.25) is 0 Å². The molecule has 0 aliphatic heterocycles. The van der Waals surface area contributed by atoms with Crippen LogP contribution in [0.2, 0.25) is 0 Å². The summed E-state index contributed by atoms with van der Waals surface area (Å²) in [7, 11) is 0. The van der Waals surface area contributed by atoms with Gasteiger partial charge in [0.1, 0.15) is 0 Å². The van der Waals surface area contributed by atoms with Crippen LogP contribution in [0.5, 0.6) is 0 Å². The number of rotatable bonds is 2. The van der Waals surface area contributed by atoms with E-state index < -0.39 is 0 Å². The molecular formula is C12H18I2. The molecule has 3 aliphatic rings. The molecule has 2 bridgehead atoms. The Morgan fingerprint density at radius 1 is 0.786 bits per heavy atom. The molecule has 14 heavy (non-hydrogen) atoms. The average Bonchev–Trinajstić information content (AvgIpc) is 2.87. The summed E-state index contributed by atoms with van der Waals surface area (Å²) in [6, 6.07) is 0. The van der Waals surface area contributed by atoms with E-state index >= 15 is 0 Å². The lowest BCUT2D eigenvalue weighted by molar-refractivity contribution is 0.206. The van der Waals surface area contributed by atoms with Gasteiger partial charge < -0.3 is 0 Å². The van der Waals surface area contributed by atoms with Crippen LogP contribution in [-0.4, -0.2) is 8.86 Å². The maximum atomic E-state index is 2.62. The quantitative estimate of drug-likeness (QED) is 0.469. The van der Waals surface area contributed by atoms with E-state index in [0.717, 1.165) is 29.6 Å². The van der Waals surface area contributed by atoms with Crippen molar-refractivity contribution in [3.8, 4) is 0 Å². The van der Waals surface area contributed by atoms with Gasteiger partial charge in [-0.2, -0.15) is 0 Å². The van der Waals surface area contributed by atoms with Crippen LogP contribution in [0.1, 0.15) is 25.7 Å². The van der Waals surface area contributed by atoms with Crippen LogP contribution in [0.15, 0.2) is 0 Å². The van der Waals surface area contributed by atoms with E-state index in [2.05, 4.69) is 45.2 Å². The van der Waals surface area contributed by atoms with Crippen molar-refractivity contribution in [1.82, 2.24) is 0 Å². The molecule has 0 aromatic rings. The summed E-state index contributed by atoms with van der Waals surface area (Å²) in [6.45, 7) is 0. The Kier molecular flexibility index (Phi) is 3.06. The Morgan fingerprint density at radius 3 is 2.29 bits per heavy atom. The SMILES string of the molecule is ICC1CC2C3CC(CI)C(C3)C2C1. The number of alkyl halides is 2. The smallest absolute Gasteiger partial charge is 0.00265 e. The van der Waals surface area contributed by atoms with Crippen molar-refractivity contribution in [2.45, 2.75) is 25.7 Å². The molecule has 0 amide bonds. The van der Waals surface area contributed by atoms with Crippen LogP contribution in [0, 0.1) is 35.5 Å². The standard InChI is InChI=1S/C12H18I2/c13-5-7-1-10-8-3-9(6-14)11(4-8)12(10)2-7/h7-12H,1-6H2. The molecule has 3 rings (SSSR count). The molecule has 0 N–H and O–H groups in total. The van der Waals surface area contributed by atoms with Crippen molar-refractivity contribution >= 4 is 45.2 Å². The molecule has 0 radical (unpaired) electrons. The highest BCUT2D eigenvalue weighted by molar-refractivity contribution is 14.1. The fraction of sp³-hybridized carbons (Fsp3) is 1.00. The van der Waals surface area contributed by atoms with Crippen molar-refractivity contribution < 1.29 is 0 Å². The van der Waals surface area contributed by atoms with Gasteiger partial charge in [-0.05, 0) is 61.2 Å². The minimum Gasteiger partial charge on any atom is -0.0861 e. The Morgan fingerprint density at radius 2 is 1.57 bits per heavy atom. The molecular weight excluding hydrogens is 398 g/mol. The molecule has 6 unspecified atom stereocenters. The van der Waals surface area contributed by atoms with E-state index in [4.69, 9.17) is 0 Å². The summed E-state index contributed by atoms with van der Waals surface area (Å²) in [5.74, 6) is 6.82. The summed E-state index contributed by atoms with van der Waals surface area (Å²) in [4.78, 5) is 0. The van der Waals surface area contributed by atoms with Crippen molar-refractivity contribution in [3.63, 3.8) is 0 Å². The maximum Gasteiger partial charge on any atom is 0.00265 e. The molecule has 3 saturated carbocycles. The highest BCUT2D eigenvalue weighted by Crippen LogP contribution is 2.62. The van der Waals surface area contributed by atoms with Gasteiger partial charge >= 0.3 is 0 Å². The molecule has 2 heteroatoms. The Bertz CT molecular complexity index is 226. The number of hydrogen-bond acceptors (Lipinski definition) is 0. The van der Waals surface area contributed by atoms with E-state index in [1.807, 2.05) is 0 Å². The largest absolute Gasteiger partial charge is 0.0861 e. The molecule has 3 fully saturated rings. The minimum atomic E-state index is 1.09. The molecule has 0 saturated heterocycles. The van der Waals surface area contributed by atoms with Gasteiger partial charge in [0.05, 0.1) is 0 Å². The van der Waals surface area contributed by atoms with Gasteiger partial charge in [-0.3, -0.25) is 0 Å². The summed E-state index contributed by atoms with van der Waals surface area (Å²) < 4.78 is 2.84. The minimum absolute atomic E-state index is 1.09. The first-order valence-electron chi connectivity index (χ1n) is 5.95. The van der Waals surface area contributed by atoms with Gasteiger partial charge in [0, 0.05) is 8.86 Å². The first-order valence-corrected chi connectivity index (χ1v) is 9.00. The first kappa shape index (κ1) is 10.6. The summed E-state index contributed by atoms with van der Waals surface area (Å²) >= 11 is 5.21. The highest BCUT2D eigenvalue weighted by atomic mass is 127. The third-order valence-electron chi connectivity index (χ3n) is 5.12. The zero-order valence-corrected chi connectivity index (χ0v) is 12.8. The van der Waals surface area contributed by atoms with Crippen molar-refractivity contribution in [2.24, 2.45) is 35.5 Å². The van der Waals surface area contributed by atoms with Crippen LogP contribution < -0.4 is 0 Å². The highest BCUT2D eigenvalue weighted by Gasteiger charge is 2.54. The number of fused-ring (bicyclic) bond motifs is 5. The van der Waals surface area contributed by atoms with E-state index in [1.54, 1.807) is 25.7 Å². The van der Waals surface area contributed by atoms with Crippen molar-refractivity contribution in [1.29, 1.82) is 0 Å². The van der Waals surface area contributed by atoms with Gasteiger partial charge in [0.15, 0.2) is 0 Å². The van der Waals surface area contributed by atoms with Gasteiger partial charge in [-0.1, -0.05) is 45.2 Å². The molecule has 0 heterocycles. The maximum absolute atomic E-state index is 2.62. The van der Waals surface area contributed by atoms with Gasteiger partial charge in [-0.15, -0.1) is 0 Å². The number of halogens is 2. The lowest BCUT2D eigenvalue weighted by atomic mass is 9.76. The molecule has 0 nitrogen and oxygen atoms in total. The molecule has 0 aromatic carbocycles. The van der Waals surface area contributed by atoms with Crippen LogP contribution in [0.4, 0.5) is 0 Å². The van der Waals surface area contributed by atoms with E-state index in [0.29, 0.717) is 0 Å². The van der Waals surface area contributed by atoms with Crippen LogP contribution in [-0.2, 0) is 0 Å². The lowest BCUT2D eigenvalue weighted by Crippen LogP contribution is -2.24. The third-order valence-corrected chi connectivity index (χ3v) is 7.50. The summed E-state index contributed by atoms with van der Waals surface area (Å²) in [6.07, 6.45) is 6.37. The van der Waals surface area contributed by atoms with Crippen LogP contribution in [0.3, 0.4) is 0 Å². The fourth-order valence-electron chi connectivity index (χ4n) is 4.63. The lowest BCUT2D eigenvalue weighted by Gasteiger charge is -2.30. The summed E-state index contributed by atoms with van der Waals surface area (Å²) in [5.41, 5.74) is 0. The summed E-state index contributed by atoms with van der Waals surface area (Å²) in [5, 5.41) is 0. The zero-order valence-electron chi connectivity index (χ0n) is 8.46. The Balaban J connectivity index is 1.75. The molecule has 80 valence electrons. The monoisotopic (exact) mass is 416 g/mol. The Labute approximate surface area is 114 Å².